The van der Waals surface area contributed by atoms with Gasteiger partial charge in [-0.2, -0.15) is 5.10 Å². The molecule has 3 rings (SSSR count). The van der Waals surface area contributed by atoms with E-state index in [1.54, 1.807) is 23.1 Å². The van der Waals surface area contributed by atoms with E-state index in [1.807, 2.05) is 30.5 Å². The van der Waals surface area contributed by atoms with Crippen LogP contribution >= 0.6 is 11.6 Å². The summed E-state index contributed by atoms with van der Waals surface area (Å²) in [5, 5.41) is 5.85. The summed E-state index contributed by atoms with van der Waals surface area (Å²) in [6.07, 6.45) is 5.35. The number of halogens is 1. The van der Waals surface area contributed by atoms with Crippen molar-refractivity contribution < 1.29 is 0 Å². The molecule has 0 unspecified atom stereocenters. The maximum atomic E-state index is 6.07. The van der Waals surface area contributed by atoms with Crippen LogP contribution in [0, 0.1) is 0 Å². The van der Waals surface area contributed by atoms with Crippen LogP contribution in [-0.4, -0.2) is 14.8 Å². The van der Waals surface area contributed by atoms with Crippen LogP contribution in [0.3, 0.4) is 0 Å². The van der Waals surface area contributed by atoms with E-state index in [1.165, 1.54) is 0 Å². The normalized spacial score (nSPS) is 10.8. The molecule has 0 aliphatic carbocycles. The molecule has 2 heterocycles. The van der Waals surface area contributed by atoms with Crippen LogP contribution in [0.5, 0.6) is 0 Å². The van der Waals surface area contributed by atoms with Crippen molar-refractivity contribution in [2.75, 3.05) is 0 Å². The fraction of sp³-hybridized carbons (Fsp3) is 0. The van der Waals surface area contributed by atoms with Crippen molar-refractivity contribution in [3.63, 3.8) is 0 Å². The molecule has 0 amide bonds. The van der Waals surface area contributed by atoms with E-state index < -0.39 is 0 Å². The van der Waals surface area contributed by atoms with Gasteiger partial charge >= 0.3 is 0 Å². The predicted octanol–water partition coefficient (Wildman–Crippen LogP) is 3.07. The standard InChI is InChI=1S/C12H8ClN3/c13-11-4-6-14-12-8-9(2-3-10(11)12)16-7-1-5-15-16/h1-8H. The molecule has 0 fully saturated rings. The van der Waals surface area contributed by atoms with E-state index in [9.17, 15) is 0 Å². The van der Waals surface area contributed by atoms with E-state index in [0.717, 1.165) is 21.6 Å². The van der Waals surface area contributed by atoms with Gasteiger partial charge in [0.1, 0.15) is 0 Å². The van der Waals surface area contributed by atoms with Crippen molar-refractivity contribution in [1.82, 2.24) is 14.8 Å². The summed E-state index contributed by atoms with van der Waals surface area (Å²) in [4.78, 5) is 4.29. The molecule has 2 aromatic heterocycles. The first-order valence-corrected chi connectivity index (χ1v) is 5.27. The van der Waals surface area contributed by atoms with Gasteiger partial charge in [0, 0.05) is 24.0 Å². The van der Waals surface area contributed by atoms with Gasteiger partial charge < -0.3 is 0 Å². The molecule has 1 aromatic carbocycles. The Morgan fingerprint density at radius 2 is 2.06 bits per heavy atom. The molecule has 0 aliphatic rings. The summed E-state index contributed by atoms with van der Waals surface area (Å²) in [7, 11) is 0. The Kier molecular flexibility index (Phi) is 2.11. The highest BCUT2D eigenvalue weighted by Crippen LogP contribution is 2.23. The fourth-order valence-electron chi connectivity index (χ4n) is 1.67. The van der Waals surface area contributed by atoms with Gasteiger partial charge in [0.2, 0.25) is 0 Å². The Morgan fingerprint density at radius 1 is 1.12 bits per heavy atom. The molecule has 3 nitrogen and oxygen atoms in total. The van der Waals surface area contributed by atoms with Crippen molar-refractivity contribution in [1.29, 1.82) is 0 Å². The Balaban J connectivity index is 2.24. The van der Waals surface area contributed by atoms with E-state index in [2.05, 4.69) is 10.1 Å². The third kappa shape index (κ3) is 1.46. The zero-order valence-electron chi connectivity index (χ0n) is 8.34. The molecule has 0 aliphatic heterocycles. The Morgan fingerprint density at radius 3 is 2.88 bits per heavy atom. The average molecular weight is 230 g/mol. The molecule has 0 saturated heterocycles. The van der Waals surface area contributed by atoms with Crippen molar-refractivity contribution in [2.45, 2.75) is 0 Å². The lowest BCUT2D eigenvalue weighted by molar-refractivity contribution is 0.881. The number of benzene rings is 1. The molecule has 0 N–H and O–H groups in total. The number of hydrogen-bond acceptors (Lipinski definition) is 2. The Hall–Kier alpha value is -1.87. The van der Waals surface area contributed by atoms with Crippen LogP contribution in [0.2, 0.25) is 5.02 Å². The van der Waals surface area contributed by atoms with Crippen LogP contribution in [-0.2, 0) is 0 Å². The van der Waals surface area contributed by atoms with Crippen LogP contribution in [0.25, 0.3) is 16.6 Å². The maximum absolute atomic E-state index is 6.07. The minimum Gasteiger partial charge on any atom is -0.256 e. The summed E-state index contributed by atoms with van der Waals surface area (Å²) in [5.41, 5.74) is 1.85. The first kappa shape index (κ1) is 9.36. The SMILES string of the molecule is Clc1ccnc2cc(-n3cccn3)ccc12. The average Bonchev–Trinajstić information content (AvgIpc) is 2.82. The highest BCUT2D eigenvalue weighted by atomic mass is 35.5. The number of hydrogen-bond donors (Lipinski definition) is 0. The highest BCUT2D eigenvalue weighted by molar-refractivity contribution is 6.35. The monoisotopic (exact) mass is 229 g/mol. The first-order chi connectivity index (χ1) is 7.84. The Bertz CT molecular complexity index is 632. The minimum atomic E-state index is 0.719. The van der Waals surface area contributed by atoms with Crippen molar-refractivity contribution >= 4 is 22.5 Å². The highest BCUT2D eigenvalue weighted by Gasteiger charge is 2.02. The second-order valence-corrected chi connectivity index (χ2v) is 3.85. The second-order valence-electron chi connectivity index (χ2n) is 3.44. The number of aromatic nitrogens is 3. The van der Waals surface area contributed by atoms with Crippen molar-refractivity contribution in [3.05, 3.63) is 53.9 Å². The van der Waals surface area contributed by atoms with E-state index in [4.69, 9.17) is 11.6 Å². The third-order valence-electron chi connectivity index (χ3n) is 2.44. The molecule has 0 saturated carbocycles. The van der Waals surface area contributed by atoms with Gasteiger partial charge in [0.05, 0.1) is 16.2 Å². The lowest BCUT2D eigenvalue weighted by Gasteiger charge is -2.04. The van der Waals surface area contributed by atoms with Crippen LogP contribution in [0.1, 0.15) is 0 Å². The molecular weight excluding hydrogens is 222 g/mol. The van der Waals surface area contributed by atoms with E-state index in [0.29, 0.717) is 0 Å². The molecule has 3 aromatic rings. The van der Waals surface area contributed by atoms with Crippen LogP contribution in [0.4, 0.5) is 0 Å². The van der Waals surface area contributed by atoms with E-state index >= 15 is 0 Å². The largest absolute Gasteiger partial charge is 0.256 e. The van der Waals surface area contributed by atoms with E-state index in [-0.39, 0.29) is 0 Å². The molecule has 0 radical (unpaired) electrons. The number of fused-ring (bicyclic) bond motifs is 1. The third-order valence-corrected chi connectivity index (χ3v) is 2.77. The zero-order chi connectivity index (χ0) is 11.0. The van der Waals surface area contributed by atoms with Crippen molar-refractivity contribution in [3.8, 4) is 5.69 Å². The summed E-state index contributed by atoms with van der Waals surface area (Å²) >= 11 is 6.07. The van der Waals surface area contributed by atoms with Gasteiger partial charge in [-0.15, -0.1) is 0 Å². The molecule has 78 valence electrons. The summed E-state index contributed by atoms with van der Waals surface area (Å²) in [6.45, 7) is 0. The summed E-state index contributed by atoms with van der Waals surface area (Å²) < 4.78 is 1.79. The van der Waals surface area contributed by atoms with Gasteiger partial charge in [-0.05, 0) is 30.3 Å². The smallest absolute Gasteiger partial charge is 0.0738 e. The van der Waals surface area contributed by atoms with Crippen molar-refractivity contribution in [2.24, 2.45) is 0 Å². The molecule has 0 atom stereocenters. The lowest BCUT2D eigenvalue weighted by atomic mass is 10.2. The van der Waals surface area contributed by atoms with Gasteiger partial charge in [-0.25, -0.2) is 4.68 Å². The molecule has 0 bridgehead atoms. The lowest BCUT2D eigenvalue weighted by Crippen LogP contribution is -1.94. The minimum absolute atomic E-state index is 0.719. The van der Waals surface area contributed by atoms with Gasteiger partial charge in [-0.1, -0.05) is 11.6 Å². The fourth-order valence-corrected chi connectivity index (χ4v) is 1.88. The van der Waals surface area contributed by atoms with Crippen LogP contribution in [0.15, 0.2) is 48.9 Å². The van der Waals surface area contributed by atoms with Gasteiger partial charge in [-0.3, -0.25) is 4.98 Å². The second kappa shape index (κ2) is 3.61. The number of pyridine rings is 1. The topological polar surface area (TPSA) is 30.7 Å². The predicted molar refractivity (Wildman–Crippen MR) is 63.9 cm³/mol. The molecule has 0 spiro atoms. The van der Waals surface area contributed by atoms with Crippen LogP contribution < -0.4 is 0 Å². The Labute approximate surface area is 97.3 Å². The van der Waals surface area contributed by atoms with Gasteiger partial charge in [0.25, 0.3) is 0 Å². The quantitative estimate of drug-likeness (QED) is 0.642. The maximum Gasteiger partial charge on any atom is 0.0738 e. The number of nitrogens with zero attached hydrogens (tertiary/aromatic N) is 3. The summed E-state index contributed by atoms with van der Waals surface area (Å²) in [5.74, 6) is 0. The number of rotatable bonds is 1. The van der Waals surface area contributed by atoms with Gasteiger partial charge in [0.15, 0.2) is 0 Å². The molecule has 16 heavy (non-hydrogen) atoms. The first-order valence-electron chi connectivity index (χ1n) is 4.89. The summed E-state index contributed by atoms with van der Waals surface area (Å²) in [6, 6.07) is 9.58. The molecular formula is C12H8ClN3. The molecule has 4 heteroatoms. The zero-order valence-corrected chi connectivity index (χ0v) is 9.09.